The normalized spacial score (nSPS) is 15.0. The van der Waals surface area contributed by atoms with Crippen molar-refractivity contribution >= 4 is 26.7 Å². The number of H-pyrrole nitrogens is 1. The average Bonchev–Trinajstić information content (AvgIpc) is 3.53. The van der Waals surface area contributed by atoms with Crippen LogP contribution in [-0.2, 0) is 21.3 Å². The molecule has 0 aliphatic carbocycles. The molecule has 1 aliphatic heterocycles. The van der Waals surface area contributed by atoms with Gasteiger partial charge in [-0.2, -0.15) is 5.10 Å². The van der Waals surface area contributed by atoms with Gasteiger partial charge in [0.05, 0.1) is 11.3 Å². The Morgan fingerprint density at radius 1 is 1.09 bits per heavy atom. The molecule has 0 saturated carbocycles. The summed E-state index contributed by atoms with van der Waals surface area (Å²) in [5.41, 5.74) is 2.27. The van der Waals surface area contributed by atoms with Crippen LogP contribution in [0.4, 0.5) is 0 Å². The van der Waals surface area contributed by atoms with Crippen LogP contribution in [-0.4, -0.2) is 75.9 Å². The molecule has 0 radical (unpaired) electrons. The number of phenolic OH excluding ortho intramolecular Hbond substituents is 2. The molecule has 10 nitrogen and oxygen atoms in total. The third-order valence-corrected chi connectivity index (χ3v) is 9.92. The lowest BCUT2D eigenvalue weighted by atomic mass is 9.93. The minimum Gasteiger partial charge on any atom is -0.508 e. The number of likely N-dealkylation sites (tertiary alicyclic amines) is 1. The number of nitrogens with zero attached hydrogens (tertiary/aromatic N) is 4. The topological polar surface area (TPSA) is 133 Å². The fourth-order valence-corrected chi connectivity index (χ4v) is 6.96. The number of fused-ring (bicyclic) bond motifs is 1. The molecular formula is C32H43N5O5S. The standard InChI is InChI=1S/C32H43N5O5S/c1-21(2)25-19-26(29(39)20-28(25)38)31-33-34-32(41)37(31)24-7-8-27-23(18-24)12-16-35(27)13-9-22-10-14-36(15-11-22)30(40)6-5-17-43(3,4)42/h7-8,12,16,18-22,38-39,43H,5-6,9-11,13-15,17H2,1-4H3,(H,34,41). The first kappa shape index (κ1) is 30.6. The van der Waals surface area contributed by atoms with Gasteiger partial charge in [-0.1, -0.05) is 13.8 Å². The van der Waals surface area contributed by atoms with E-state index in [1.807, 2.05) is 43.0 Å². The summed E-state index contributed by atoms with van der Waals surface area (Å²) in [4.78, 5) is 27.4. The fraction of sp³-hybridized carbons (Fsp3) is 0.469. The van der Waals surface area contributed by atoms with Crippen LogP contribution >= 0.6 is 0 Å². The highest BCUT2D eigenvalue weighted by Gasteiger charge is 2.23. The number of amides is 1. The minimum atomic E-state index is -2.07. The molecule has 2 aromatic carbocycles. The predicted molar refractivity (Wildman–Crippen MR) is 172 cm³/mol. The second kappa shape index (κ2) is 12.4. The summed E-state index contributed by atoms with van der Waals surface area (Å²) in [7, 11) is -2.07. The van der Waals surface area contributed by atoms with Crippen LogP contribution in [0.25, 0.3) is 28.0 Å². The molecule has 1 aliphatic rings. The number of aromatic amines is 1. The summed E-state index contributed by atoms with van der Waals surface area (Å²) in [6.45, 7) is 6.31. The zero-order valence-corrected chi connectivity index (χ0v) is 26.3. The van der Waals surface area contributed by atoms with Crippen molar-refractivity contribution in [2.45, 2.75) is 58.4 Å². The number of phenols is 2. The van der Waals surface area contributed by atoms with Gasteiger partial charge in [0.15, 0.2) is 5.82 Å². The Morgan fingerprint density at radius 3 is 2.53 bits per heavy atom. The number of piperidine rings is 1. The molecule has 0 spiro atoms. The number of aromatic nitrogens is 4. The van der Waals surface area contributed by atoms with Crippen LogP contribution in [0.3, 0.4) is 0 Å². The Morgan fingerprint density at radius 2 is 1.84 bits per heavy atom. The Balaban J connectivity index is 1.25. The van der Waals surface area contributed by atoms with Gasteiger partial charge in [0.2, 0.25) is 5.91 Å². The van der Waals surface area contributed by atoms with Gasteiger partial charge in [0, 0.05) is 55.0 Å². The average molecular weight is 610 g/mol. The maximum absolute atomic E-state index is 12.9. The zero-order chi connectivity index (χ0) is 30.9. The summed E-state index contributed by atoms with van der Waals surface area (Å²) >= 11 is 0. The predicted octanol–water partition coefficient (Wildman–Crippen LogP) is 4.40. The molecule has 0 atom stereocenters. The molecule has 4 aromatic rings. The molecule has 1 amide bonds. The van der Waals surface area contributed by atoms with E-state index in [0.717, 1.165) is 49.8 Å². The van der Waals surface area contributed by atoms with Crippen LogP contribution < -0.4 is 5.69 Å². The van der Waals surface area contributed by atoms with Gasteiger partial charge < -0.3 is 19.7 Å². The van der Waals surface area contributed by atoms with Gasteiger partial charge in [-0.05, 0) is 85.9 Å². The molecule has 1 fully saturated rings. The molecule has 43 heavy (non-hydrogen) atoms. The summed E-state index contributed by atoms with van der Waals surface area (Å²) < 4.78 is 15.6. The smallest absolute Gasteiger partial charge is 0.348 e. The van der Waals surface area contributed by atoms with E-state index in [9.17, 15) is 24.0 Å². The number of carbonyl (C=O) groups excluding carboxylic acids is 1. The number of hydrogen-bond donors (Lipinski definition) is 4. The highest BCUT2D eigenvalue weighted by Crippen LogP contribution is 2.37. The van der Waals surface area contributed by atoms with E-state index in [0.29, 0.717) is 41.3 Å². The Hall–Kier alpha value is -3.86. The fourth-order valence-electron chi connectivity index (χ4n) is 6.04. The number of carbonyl (C=O) groups is 1. The number of aromatic hydroxyl groups is 2. The maximum atomic E-state index is 12.9. The van der Waals surface area contributed by atoms with Crippen LogP contribution in [0, 0.1) is 5.92 Å². The van der Waals surface area contributed by atoms with Gasteiger partial charge in [-0.3, -0.25) is 9.00 Å². The van der Waals surface area contributed by atoms with E-state index >= 15 is 0 Å². The molecule has 5 rings (SSSR count). The summed E-state index contributed by atoms with van der Waals surface area (Å²) in [6.07, 6.45) is 9.80. The Labute approximate surface area is 252 Å². The van der Waals surface area contributed by atoms with Crippen molar-refractivity contribution < 1.29 is 19.2 Å². The largest absolute Gasteiger partial charge is 0.508 e. The molecule has 3 heterocycles. The van der Waals surface area contributed by atoms with Gasteiger partial charge in [-0.25, -0.2) is 14.5 Å². The SMILES string of the molecule is CC(C)c1cc(-c2n[nH]c(=O)n2-c2ccc3c(ccn3CCC3CCN(C(=O)CCC[SH](C)(C)=O)CC3)c2)c(O)cc1O. The lowest BCUT2D eigenvalue weighted by Crippen LogP contribution is -2.38. The van der Waals surface area contributed by atoms with Crippen molar-refractivity contribution in [2.75, 3.05) is 31.4 Å². The van der Waals surface area contributed by atoms with Crippen LogP contribution in [0.1, 0.15) is 57.4 Å². The van der Waals surface area contributed by atoms with E-state index in [-0.39, 0.29) is 29.1 Å². The van der Waals surface area contributed by atoms with Gasteiger partial charge >= 0.3 is 5.69 Å². The molecule has 0 bridgehead atoms. The highest BCUT2D eigenvalue weighted by atomic mass is 32.2. The van der Waals surface area contributed by atoms with Crippen molar-refractivity contribution in [1.82, 2.24) is 24.2 Å². The third-order valence-electron chi connectivity index (χ3n) is 8.53. The van der Waals surface area contributed by atoms with E-state index < -0.39 is 15.6 Å². The molecule has 2 aromatic heterocycles. The number of nitrogens with one attached hydrogen (secondary N) is 1. The number of thiol groups is 1. The van der Waals surface area contributed by atoms with Crippen LogP contribution in [0.2, 0.25) is 0 Å². The summed E-state index contributed by atoms with van der Waals surface area (Å²) in [5, 5.41) is 28.6. The molecule has 1 saturated heterocycles. The molecule has 0 unspecified atom stereocenters. The zero-order valence-electron chi connectivity index (χ0n) is 25.4. The molecule has 232 valence electrons. The van der Waals surface area contributed by atoms with Crippen LogP contribution in [0.15, 0.2) is 47.4 Å². The third kappa shape index (κ3) is 6.87. The minimum absolute atomic E-state index is 0.000117. The lowest BCUT2D eigenvalue weighted by Gasteiger charge is -2.32. The summed E-state index contributed by atoms with van der Waals surface area (Å²) in [5.74, 6) is 1.48. The first-order valence-electron chi connectivity index (χ1n) is 15.1. The highest BCUT2D eigenvalue weighted by molar-refractivity contribution is 8.01. The van der Waals surface area contributed by atoms with Crippen molar-refractivity contribution in [3.05, 3.63) is 58.6 Å². The molecule has 11 heteroatoms. The Bertz CT molecular complexity index is 1720. The van der Waals surface area contributed by atoms with E-state index in [1.54, 1.807) is 18.6 Å². The molecular weight excluding hydrogens is 566 g/mol. The van der Waals surface area contributed by atoms with Crippen molar-refractivity contribution in [2.24, 2.45) is 5.92 Å². The van der Waals surface area contributed by atoms with Gasteiger partial charge in [-0.15, -0.1) is 9.93 Å². The number of rotatable bonds is 10. The Kier molecular flexibility index (Phi) is 8.82. The lowest BCUT2D eigenvalue weighted by molar-refractivity contribution is -0.132. The van der Waals surface area contributed by atoms with Crippen molar-refractivity contribution in [3.63, 3.8) is 0 Å². The summed E-state index contributed by atoms with van der Waals surface area (Å²) in [6, 6.07) is 10.8. The van der Waals surface area contributed by atoms with E-state index in [2.05, 4.69) is 21.0 Å². The van der Waals surface area contributed by atoms with Crippen LogP contribution in [0.5, 0.6) is 11.5 Å². The van der Waals surface area contributed by atoms with E-state index in [1.165, 1.54) is 10.6 Å². The number of aryl methyl sites for hydroxylation is 1. The molecule has 3 N–H and O–H groups in total. The quantitative estimate of drug-likeness (QED) is 0.197. The number of hydrogen-bond acceptors (Lipinski definition) is 6. The van der Waals surface area contributed by atoms with Gasteiger partial charge in [0.1, 0.15) is 11.5 Å². The van der Waals surface area contributed by atoms with Crippen molar-refractivity contribution in [3.8, 4) is 28.6 Å². The second-order valence-electron chi connectivity index (χ2n) is 12.5. The first-order chi connectivity index (χ1) is 20.4. The van der Waals surface area contributed by atoms with E-state index in [4.69, 9.17) is 0 Å². The van der Waals surface area contributed by atoms with Crippen molar-refractivity contribution in [1.29, 1.82) is 0 Å². The number of benzene rings is 2. The first-order valence-corrected chi connectivity index (χ1v) is 17.8. The maximum Gasteiger partial charge on any atom is 0.348 e. The second-order valence-corrected chi connectivity index (χ2v) is 16.1. The van der Waals surface area contributed by atoms with Gasteiger partial charge in [0.25, 0.3) is 0 Å². The monoisotopic (exact) mass is 609 g/mol.